The van der Waals surface area contributed by atoms with E-state index in [0.29, 0.717) is 30.5 Å². The zero-order valence-electron chi connectivity index (χ0n) is 16.5. The molecule has 0 bridgehead atoms. The van der Waals surface area contributed by atoms with Gasteiger partial charge in [-0.1, -0.05) is 0 Å². The van der Waals surface area contributed by atoms with E-state index in [0.717, 1.165) is 0 Å². The third kappa shape index (κ3) is 3.68. The van der Waals surface area contributed by atoms with E-state index in [-0.39, 0.29) is 17.6 Å². The number of amides is 2. The first-order valence-corrected chi connectivity index (χ1v) is 9.27. The average Bonchev–Trinajstić information content (AvgIpc) is 2.94. The highest BCUT2D eigenvalue weighted by Gasteiger charge is 2.33. The van der Waals surface area contributed by atoms with Gasteiger partial charge in [0.05, 0.1) is 5.52 Å². The van der Waals surface area contributed by atoms with Crippen molar-refractivity contribution >= 4 is 22.9 Å². The summed E-state index contributed by atoms with van der Waals surface area (Å²) in [5.74, 6) is -3.80. The van der Waals surface area contributed by atoms with Gasteiger partial charge in [-0.3, -0.25) is 4.79 Å². The number of benzene rings is 1. The molecule has 6 nitrogen and oxygen atoms in total. The van der Waals surface area contributed by atoms with Crippen molar-refractivity contribution in [2.75, 3.05) is 13.1 Å². The number of aryl methyl sites for hydroxylation is 1. The van der Waals surface area contributed by atoms with E-state index in [4.69, 9.17) is 10.5 Å². The van der Waals surface area contributed by atoms with Crippen LogP contribution in [0.25, 0.3) is 10.9 Å². The molecule has 1 aliphatic heterocycles. The largest absolute Gasteiger partial charge is 0.444 e. The minimum Gasteiger partial charge on any atom is -0.444 e. The fraction of sp³-hybridized carbons (Fsp3) is 0.500. The lowest BCUT2D eigenvalue weighted by Crippen LogP contribution is -2.42. The van der Waals surface area contributed by atoms with Crippen molar-refractivity contribution in [1.82, 2.24) is 9.88 Å². The second-order valence-electron chi connectivity index (χ2n) is 8.29. The lowest BCUT2D eigenvalue weighted by molar-refractivity contribution is 0.0197. The highest BCUT2D eigenvalue weighted by Crippen LogP contribution is 2.38. The Hall–Kier alpha value is -2.64. The maximum absolute atomic E-state index is 15.0. The number of nitrogens with two attached hydrogens (primary N) is 1. The molecule has 2 heterocycles. The van der Waals surface area contributed by atoms with Crippen LogP contribution in [-0.4, -0.2) is 40.6 Å². The molecule has 0 saturated carbocycles. The molecule has 0 radical (unpaired) electrons. The van der Waals surface area contributed by atoms with Gasteiger partial charge in [-0.05, 0) is 46.6 Å². The third-order valence-electron chi connectivity index (χ3n) is 4.87. The molecule has 1 unspecified atom stereocenters. The first-order chi connectivity index (χ1) is 13.0. The van der Waals surface area contributed by atoms with Crippen molar-refractivity contribution in [2.45, 2.75) is 52.1 Å². The lowest BCUT2D eigenvalue weighted by atomic mass is 9.87. The number of nitrogens with one attached hydrogen (secondary N) is 1. The van der Waals surface area contributed by atoms with Gasteiger partial charge in [0, 0.05) is 35.7 Å². The summed E-state index contributed by atoms with van der Waals surface area (Å²) in [6, 6.07) is 1.67. The maximum Gasteiger partial charge on any atom is 0.410 e. The van der Waals surface area contributed by atoms with Gasteiger partial charge in [-0.2, -0.15) is 0 Å². The fourth-order valence-corrected chi connectivity index (χ4v) is 3.79. The van der Waals surface area contributed by atoms with E-state index in [2.05, 4.69) is 4.98 Å². The van der Waals surface area contributed by atoms with Gasteiger partial charge in [0.1, 0.15) is 11.2 Å². The number of carbonyl (C=O) groups excluding carboxylic acids is 2. The normalized spacial score (nSPS) is 17.8. The minimum absolute atomic E-state index is 0.162. The smallest absolute Gasteiger partial charge is 0.410 e. The van der Waals surface area contributed by atoms with Gasteiger partial charge < -0.3 is 20.4 Å². The summed E-state index contributed by atoms with van der Waals surface area (Å²) >= 11 is 0. The zero-order chi connectivity index (χ0) is 20.8. The molecule has 1 atom stereocenters. The molecule has 1 aromatic carbocycles. The van der Waals surface area contributed by atoms with Crippen molar-refractivity contribution < 1.29 is 23.1 Å². The van der Waals surface area contributed by atoms with Crippen molar-refractivity contribution in [3.8, 4) is 0 Å². The Morgan fingerprint density at radius 2 is 1.96 bits per heavy atom. The van der Waals surface area contributed by atoms with E-state index in [1.807, 2.05) is 0 Å². The van der Waals surface area contributed by atoms with E-state index in [1.54, 1.807) is 33.8 Å². The molecule has 8 heteroatoms. The molecule has 1 aliphatic rings. The minimum atomic E-state index is -1.26. The summed E-state index contributed by atoms with van der Waals surface area (Å²) in [5, 5.41) is 0.418. The maximum atomic E-state index is 15.0. The third-order valence-corrected chi connectivity index (χ3v) is 4.87. The Morgan fingerprint density at radius 1 is 1.29 bits per heavy atom. The molecule has 0 aliphatic carbocycles. The topological polar surface area (TPSA) is 88.4 Å². The molecule has 0 spiro atoms. The summed E-state index contributed by atoms with van der Waals surface area (Å²) in [5.41, 5.74) is 5.15. The average molecular weight is 393 g/mol. The number of halogens is 2. The molecule has 1 aromatic heterocycles. The van der Waals surface area contributed by atoms with Crippen LogP contribution in [0.5, 0.6) is 0 Å². The molecule has 3 rings (SSSR count). The van der Waals surface area contributed by atoms with E-state index in [1.165, 1.54) is 4.90 Å². The van der Waals surface area contributed by atoms with Crippen molar-refractivity contribution in [3.05, 3.63) is 34.5 Å². The van der Waals surface area contributed by atoms with Gasteiger partial charge in [0.25, 0.3) is 5.91 Å². The number of aromatic amines is 1. The van der Waals surface area contributed by atoms with Crippen LogP contribution in [0.4, 0.5) is 13.6 Å². The number of aromatic nitrogens is 1. The number of hydrogen-bond acceptors (Lipinski definition) is 3. The Labute approximate surface area is 162 Å². The second-order valence-corrected chi connectivity index (χ2v) is 8.29. The summed E-state index contributed by atoms with van der Waals surface area (Å²) < 4.78 is 35.1. The first kappa shape index (κ1) is 20.1. The van der Waals surface area contributed by atoms with Crippen molar-refractivity contribution in [3.63, 3.8) is 0 Å². The van der Waals surface area contributed by atoms with Crippen molar-refractivity contribution in [1.29, 1.82) is 0 Å². The van der Waals surface area contributed by atoms with Crippen LogP contribution in [0.1, 0.15) is 61.1 Å². The van der Waals surface area contributed by atoms with E-state index < -0.39 is 40.7 Å². The quantitative estimate of drug-likeness (QED) is 0.809. The predicted octanol–water partition coefficient (Wildman–Crippen LogP) is 3.97. The van der Waals surface area contributed by atoms with E-state index >= 15 is 4.39 Å². The standard InChI is InChI=1S/C20H25F2N3O3/c1-10-8-12-13(15(21)16(22)14(18(23)26)17(12)24-10)11-6-5-7-25(9-11)19(27)28-20(2,3)4/h8,11,24H,5-7,9H2,1-4H3,(H2,23,26). The number of ether oxygens (including phenoxy) is 1. The summed E-state index contributed by atoms with van der Waals surface area (Å²) in [6.07, 6.45) is 0.742. The Kier molecular flexibility index (Phi) is 5.08. The number of H-pyrrole nitrogens is 1. The van der Waals surface area contributed by atoms with Gasteiger partial charge in [0.15, 0.2) is 11.6 Å². The number of fused-ring (bicyclic) bond motifs is 1. The van der Waals surface area contributed by atoms with Crippen LogP contribution in [0, 0.1) is 18.6 Å². The molecule has 152 valence electrons. The SMILES string of the molecule is Cc1cc2c(C3CCCN(C(=O)OC(C)(C)C)C3)c(F)c(F)c(C(N)=O)c2[nH]1. The number of piperidine rings is 1. The zero-order valence-corrected chi connectivity index (χ0v) is 16.5. The summed E-state index contributed by atoms with van der Waals surface area (Å²) in [6.45, 7) is 7.76. The monoisotopic (exact) mass is 393 g/mol. The predicted molar refractivity (Wildman–Crippen MR) is 101 cm³/mol. The number of primary amides is 1. The molecular formula is C20H25F2N3O3. The molecule has 28 heavy (non-hydrogen) atoms. The van der Waals surface area contributed by atoms with Crippen LogP contribution in [-0.2, 0) is 4.74 Å². The first-order valence-electron chi connectivity index (χ1n) is 9.27. The molecule has 3 N–H and O–H groups in total. The Balaban J connectivity index is 2.04. The van der Waals surface area contributed by atoms with Gasteiger partial charge in [-0.25, -0.2) is 13.6 Å². The van der Waals surface area contributed by atoms with Crippen LogP contribution >= 0.6 is 0 Å². The summed E-state index contributed by atoms with van der Waals surface area (Å²) in [4.78, 5) is 28.5. The number of likely N-dealkylation sites (tertiary alicyclic amines) is 1. The highest BCUT2D eigenvalue weighted by atomic mass is 19.2. The van der Waals surface area contributed by atoms with E-state index in [9.17, 15) is 14.0 Å². The van der Waals surface area contributed by atoms with Crippen LogP contribution in [0.3, 0.4) is 0 Å². The number of hydrogen-bond donors (Lipinski definition) is 2. The lowest BCUT2D eigenvalue weighted by Gasteiger charge is -2.34. The van der Waals surface area contributed by atoms with Gasteiger partial charge in [0.2, 0.25) is 0 Å². The number of carbonyl (C=O) groups is 2. The fourth-order valence-electron chi connectivity index (χ4n) is 3.79. The molecule has 1 saturated heterocycles. The van der Waals surface area contributed by atoms with Crippen LogP contribution in [0.15, 0.2) is 6.07 Å². The Bertz CT molecular complexity index is 947. The van der Waals surface area contributed by atoms with Crippen LogP contribution < -0.4 is 5.73 Å². The molecule has 2 amide bonds. The molecule has 2 aromatic rings. The van der Waals surface area contributed by atoms with Crippen molar-refractivity contribution in [2.24, 2.45) is 5.73 Å². The van der Waals surface area contributed by atoms with Gasteiger partial charge >= 0.3 is 6.09 Å². The number of nitrogens with zero attached hydrogens (tertiary/aromatic N) is 1. The summed E-state index contributed by atoms with van der Waals surface area (Å²) in [7, 11) is 0. The second kappa shape index (κ2) is 7.07. The van der Waals surface area contributed by atoms with Gasteiger partial charge in [-0.15, -0.1) is 0 Å². The van der Waals surface area contributed by atoms with Crippen LogP contribution in [0.2, 0.25) is 0 Å². The Morgan fingerprint density at radius 3 is 2.57 bits per heavy atom. The highest BCUT2D eigenvalue weighted by molar-refractivity contribution is 6.06. The number of rotatable bonds is 2. The molecular weight excluding hydrogens is 368 g/mol. The molecule has 1 fully saturated rings.